The first kappa shape index (κ1) is 8.79. The van der Waals surface area contributed by atoms with Gasteiger partial charge in [-0.3, -0.25) is 0 Å². The summed E-state index contributed by atoms with van der Waals surface area (Å²) in [6, 6.07) is 0.366. The lowest BCUT2D eigenvalue weighted by Gasteiger charge is -2.21. The smallest absolute Gasteiger partial charge is 0.0104 e. The molecule has 1 heteroatoms. The Morgan fingerprint density at radius 1 is 1.64 bits per heavy atom. The molecule has 0 aromatic heterocycles. The van der Waals surface area contributed by atoms with Gasteiger partial charge in [-0.15, -0.1) is 6.58 Å². The zero-order valence-corrected chi connectivity index (χ0v) is 7.42. The van der Waals surface area contributed by atoms with E-state index in [1.54, 1.807) is 0 Å². The van der Waals surface area contributed by atoms with Crippen molar-refractivity contribution in [1.29, 1.82) is 0 Å². The van der Waals surface area contributed by atoms with E-state index in [0.29, 0.717) is 6.04 Å². The van der Waals surface area contributed by atoms with E-state index < -0.39 is 0 Å². The van der Waals surface area contributed by atoms with Crippen LogP contribution in [-0.2, 0) is 0 Å². The van der Waals surface area contributed by atoms with Crippen molar-refractivity contribution in [2.24, 2.45) is 17.6 Å². The van der Waals surface area contributed by atoms with E-state index in [0.717, 1.165) is 18.3 Å². The van der Waals surface area contributed by atoms with Crippen molar-refractivity contribution >= 4 is 0 Å². The fourth-order valence-electron chi connectivity index (χ4n) is 2.18. The molecule has 0 bridgehead atoms. The van der Waals surface area contributed by atoms with Gasteiger partial charge in [-0.25, -0.2) is 0 Å². The molecule has 0 heterocycles. The second kappa shape index (κ2) is 3.91. The van der Waals surface area contributed by atoms with Crippen LogP contribution in [0.3, 0.4) is 0 Å². The highest BCUT2D eigenvalue weighted by Crippen LogP contribution is 2.33. The minimum atomic E-state index is 0.366. The zero-order chi connectivity index (χ0) is 8.27. The molecule has 0 radical (unpaired) electrons. The molecule has 0 aromatic carbocycles. The molecule has 1 fully saturated rings. The molecule has 1 aliphatic carbocycles. The van der Waals surface area contributed by atoms with Gasteiger partial charge in [0, 0.05) is 6.04 Å². The van der Waals surface area contributed by atoms with E-state index in [4.69, 9.17) is 5.73 Å². The van der Waals surface area contributed by atoms with Crippen molar-refractivity contribution in [2.75, 3.05) is 0 Å². The maximum Gasteiger partial charge on any atom is 0.0104 e. The van der Waals surface area contributed by atoms with Crippen LogP contribution < -0.4 is 5.73 Å². The van der Waals surface area contributed by atoms with Crippen LogP contribution in [0.2, 0.25) is 0 Å². The normalized spacial score (nSPS) is 33.6. The topological polar surface area (TPSA) is 26.0 Å². The highest BCUT2D eigenvalue weighted by atomic mass is 14.7. The summed E-state index contributed by atoms with van der Waals surface area (Å²) in [6.45, 7) is 6.04. The Labute approximate surface area is 69.7 Å². The lowest BCUT2D eigenvalue weighted by Crippen LogP contribution is -2.30. The van der Waals surface area contributed by atoms with Gasteiger partial charge < -0.3 is 5.73 Å². The van der Waals surface area contributed by atoms with E-state index in [9.17, 15) is 0 Å². The molecular formula is C10H19N. The largest absolute Gasteiger partial charge is 0.327 e. The molecule has 1 aliphatic rings. The summed E-state index contributed by atoms with van der Waals surface area (Å²) in [5, 5.41) is 0. The highest BCUT2D eigenvalue weighted by molar-refractivity contribution is 4.86. The number of hydrogen-bond donors (Lipinski definition) is 1. The third kappa shape index (κ3) is 2.06. The van der Waals surface area contributed by atoms with Crippen molar-refractivity contribution in [3.63, 3.8) is 0 Å². The molecule has 3 unspecified atom stereocenters. The molecule has 11 heavy (non-hydrogen) atoms. The molecular weight excluding hydrogens is 134 g/mol. The SMILES string of the molecule is C=CCC(N)C1CCCC1C. The van der Waals surface area contributed by atoms with E-state index in [-0.39, 0.29) is 0 Å². The predicted molar refractivity (Wildman–Crippen MR) is 49.3 cm³/mol. The van der Waals surface area contributed by atoms with E-state index in [1.807, 2.05) is 6.08 Å². The lowest BCUT2D eigenvalue weighted by molar-refractivity contribution is 0.346. The van der Waals surface area contributed by atoms with Crippen molar-refractivity contribution in [1.82, 2.24) is 0 Å². The summed E-state index contributed by atoms with van der Waals surface area (Å²) in [7, 11) is 0. The minimum Gasteiger partial charge on any atom is -0.327 e. The third-order valence-electron chi connectivity index (χ3n) is 2.92. The van der Waals surface area contributed by atoms with Gasteiger partial charge in [-0.2, -0.15) is 0 Å². The molecule has 64 valence electrons. The minimum absolute atomic E-state index is 0.366. The van der Waals surface area contributed by atoms with Crippen LogP contribution in [0.25, 0.3) is 0 Å². The van der Waals surface area contributed by atoms with Crippen molar-refractivity contribution in [3.05, 3.63) is 12.7 Å². The van der Waals surface area contributed by atoms with Gasteiger partial charge in [0.2, 0.25) is 0 Å². The van der Waals surface area contributed by atoms with Gasteiger partial charge >= 0.3 is 0 Å². The average molecular weight is 153 g/mol. The Morgan fingerprint density at radius 3 is 2.82 bits per heavy atom. The molecule has 0 aliphatic heterocycles. The fraction of sp³-hybridized carbons (Fsp3) is 0.800. The molecule has 3 atom stereocenters. The predicted octanol–water partition coefficient (Wildman–Crippen LogP) is 2.33. The molecule has 2 N–H and O–H groups in total. The monoisotopic (exact) mass is 153 g/mol. The fourth-order valence-corrected chi connectivity index (χ4v) is 2.18. The van der Waals surface area contributed by atoms with E-state index in [1.165, 1.54) is 19.3 Å². The number of hydrogen-bond acceptors (Lipinski definition) is 1. The van der Waals surface area contributed by atoms with Gasteiger partial charge in [0.1, 0.15) is 0 Å². The molecule has 1 rings (SSSR count). The second-order valence-electron chi connectivity index (χ2n) is 3.76. The van der Waals surface area contributed by atoms with Crippen molar-refractivity contribution in [3.8, 4) is 0 Å². The van der Waals surface area contributed by atoms with Crippen molar-refractivity contribution in [2.45, 2.75) is 38.6 Å². The summed E-state index contributed by atoms with van der Waals surface area (Å²) in [6.07, 6.45) is 6.99. The van der Waals surface area contributed by atoms with Gasteiger partial charge in [0.15, 0.2) is 0 Å². The maximum absolute atomic E-state index is 6.01. The molecule has 1 saturated carbocycles. The van der Waals surface area contributed by atoms with E-state index >= 15 is 0 Å². The standard InChI is InChI=1S/C10H19N/c1-3-5-10(11)9-7-4-6-8(9)2/h3,8-10H,1,4-7,11H2,2H3. The van der Waals surface area contributed by atoms with Crippen LogP contribution in [0.4, 0.5) is 0 Å². The quantitative estimate of drug-likeness (QED) is 0.619. The van der Waals surface area contributed by atoms with Crippen LogP contribution >= 0.6 is 0 Å². The van der Waals surface area contributed by atoms with Crippen LogP contribution in [0.15, 0.2) is 12.7 Å². The van der Waals surface area contributed by atoms with Crippen molar-refractivity contribution < 1.29 is 0 Å². The van der Waals surface area contributed by atoms with Gasteiger partial charge in [0.25, 0.3) is 0 Å². The third-order valence-corrected chi connectivity index (χ3v) is 2.92. The summed E-state index contributed by atoms with van der Waals surface area (Å²) < 4.78 is 0. The van der Waals surface area contributed by atoms with Crippen LogP contribution in [0.5, 0.6) is 0 Å². The Bertz CT molecular complexity index is 131. The first-order chi connectivity index (χ1) is 5.25. The Morgan fingerprint density at radius 2 is 2.36 bits per heavy atom. The molecule has 0 amide bonds. The van der Waals surface area contributed by atoms with Gasteiger partial charge in [-0.05, 0) is 24.7 Å². The average Bonchev–Trinajstić information content (AvgIpc) is 2.36. The lowest BCUT2D eigenvalue weighted by atomic mass is 9.89. The van der Waals surface area contributed by atoms with Gasteiger partial charge in [0.05, 0.1) is 0 Å². The second-order valence-corrected chi connectivity index (χ2v) is 3.76. The van der Waals surface area contributed by atoms with Crippen LogP contribution in [0.1, 0.15) is 32.6 Å². The summed E-state index contributed by atoms with van der Waals surface area (Å²) in [4.78, 5) is 0. The zero-order valence-electron chi connectivity index (χ0n) is 7.42. The molecule has 1 nitrogen and oxygen atoms in total. The molecule has 0 spiro atoms. The Kier molecular flexibility index (Phi) is 3.13. The molecule has 0 saturated heterocycles. The van der Waals surface area contributed by atoms with E-state index in [2.05, 4.69) is 13.5 Å². The first-order valence-corrected chi connectivity index (χ1v) is 4.62. The number of nitrogens with two attached hydrogens (primary N) is 1. The summed E-state index contributed by atoms with van der Waals surface area (Å²) in [5.74, 6) is 1.60. The highest BCUT2D eigenvalue weighted by Gasteiger charge is 2.27. The van der Waals surface area contributed by atoms with Crippen LogP contribution in [0, 0.1) is 11.8 Å². The molecule has 0 aromatic rings. The van der Waals surface area contributed by atoms with Crippen LogP contribution in [-0.4, -0.2) is 6.04 Å². The Hall–Kier alpha value is -0.300. The van der Waals surface area contributed by atoms with Gasteiger partial charge in [-0.1, -0.05) is 25.8 Å². The Balaban J connectivity index is 2.38. The summed E-state index contributed by atoms with van der Waals surface area (Å²) >= 11 is 0. The number of rotatable bonds is 3. The maximum atomic E-state index is 6.01. The summed E-state index contributed by atoms with van der Waals surface area (Å²) in [5.41, 5.74) is 6.01. The first-order valence-electron chi connectivity index (χ1n) is 4.62.